The van der Waals surface area contributed by atoms with Gasteiger partial charge in [-0.2, -0.15) is 0 Å². The second kappa shape index (κ2) is 8.91. The molecule has 136 valence electrons. The van der Waals surface area contributed by atoms with Gasteiger partial charge in [0.15, 0.2) is 6.61 Å². The number of benzene rings is 2. The quantitative estimate of drug-likeness (QED) is 0.452. The van der Waals surface area contributed by atoms with E-state index in [0.717, 1.165) is 17.7 Å². The van der Waals surface area contributed by atoms with Crippen LogP contribution in [0.3, 0.4) is 0 Å². The summed E-state index contributed by atoms with van der Waals surface area (Å²) < 4.78 is 17.6. The molecule has 0 fully saturated rings. The molecule has 2 aromatic carbocycles. The fraction of sp³-hybridized carbons (Fsp3) is 0.176. The van der Waals surface area contributed by atoms with Crippen molar-refractivity contribution in [3.63, 3.8) is 0 Å². The highest BCUT2D eigenvalue weighted by Crippen LogP contribution is 2.23. The zero-order chi connectivity index (χ0) is 19.1. The number of rotatable bonds is 7. The first-order chi connectivity index (χ1) is 12.4. The maximum absolute atomic E-state index is 12.8. The summed E-state index contributed by atoms with van der Waals surface area (Å²) in [5.41, 5.74) is 0.0400. The molecule has 26 heavy (non-hydrogen) atoms. The fourth-order valence-corrected chi connectivity index (χ4v) is 2.25. The van der Waals surface area contributed by atoms with Gasteiger partial charge in [-0.25, -0.2) is 9.18 Å². The Morgan fingerprint density at radius 1 is 1.19 bits per heavy atom. The minimum atomic E-state index is -0.998. The molecule has 0 radical (unpaired) electrons. The number of ether oxygens (including phenoxy) is 1. The number of nitro benzene ring substituents is 1. The van der Waals surface area contributed by atoms with E-state index in [1.54, 1.807) is 12.1 Å². The molecule has 0 saturated heterocycles. The van der Waals surface area contributed by atoms with Crippen LogP contribution in [0.25, 0.3) is 0 Å². The predicted molar refractivity (Wildman–Crippen MR) is 91.5 cm³/mol. The van der Waals surface area contributed by atoms with Gasteiger partial charge < -0.3 is 10.1 Å². The Balaban J connectivity index is 1.82. The molecular weight excluding hydrogens is 367 g/mol. The van der Waals surface area contributed by atoms with Gasteiger partial charge in [0.2, 0.25) is 0 Å². The molecule has 0 aliphatic heterocycles. The van der Waals surface area contributed by atoms with Crippen molar-refractivity contribution in [1.82, 2.24) is 5.32 Å². The molecule has 7 nitrogen and oxygen atoms in total. The van der Waals surface area contributed by atoms with Crippen LogP contribution in [0.5, 0.6) is 0 Å². The summed E-state index contributed by atoms with van der Waals surface area (Å²) in [5.74, 6) is -1.90. The fourth-order valence-electron chi connectivity index (χ4n) is 2.09. The van der Waals surface area contributed by atoms with E-state index in [1.807, 2.05) is 0 Å². The van der Waals surface area contributed by atoms with Gasteiger partial charge in [0.05, 0.1) is 4.92 Å². The zero-order valence-corrected chi connectivity index (χ0v) is 14.2. The molecule has 9 heteroatoms. The molecule has 2 aromatic rings. The second-order valence-corrected chi connectivity index (χ2v) is 5.66. The third-order valence-electron chi connectivity index (χ3n) is 3.36. The van der Waals surface area contributed by atoms with E-state index in [0.29, 0.717) is 6.42 Å². The lowest BCUT2D eigenvalue weighted by Gasteiger charge is -2.07. The summed E-state index contributed by atoms with van der Waals surface area (Å²) in [4.78, 5) is 33.8. The highest BCUT2D eigenvalue weighted by Gasteiger charge is 2.22. The highest BCUT2D eigenvalue weighted by molar-refractivity contribution is 6.31. The predicted octanol–water partition coefficient (Wildman–Crippen LogP) is 2.90. The smallest absolute Gasteiger partial charge is 0.345 e. The molecule has 0 spiro atoms. The van der Waals surface area contributed by atoms with Gasteiger partial charge in [0.1, 0.15) is 11.4 Å². The number of carbonyl (C=O) groups is 2. The van der Waals surface area contributed by atoms with E-state index in [1.165, 1.54) is 18.2 Å². The second-order valence-electron chi connectivity index (χ2n) is 5.22. The molecule has 0 atom stereocenters. The number of halogens is 2. The van der Waals surface area contributed by atoms with Crippen molar-refractivity contribution in [2.75, 3.05) is 13.2 Å². The number of amides is 1. The first-order valence-electron chi connectivity index (χ1n) is 7.49. The Hall–Kier alpha value is -3.00. The van der Waals surface area contributed by atoms with Crippen molar-refractivity contribution in [1.29, 1.82) is 0 Å². The van der Waals surface area contributed by atoms with Crippen LogP contribution in [0.2, 0.25) is 5.02 Å². The molecule has 1 amide bonds. The number of hydrogen-bond donors (Lipinski definition) is 1. The number of nitrogens with one attached hydrogen (secondary N) is 1. The molecule has 2 rings (SSSR count). The Labute approximate surface area is 152 Å². The lowest BCUT2D eigenvalue weighted by Crippen LogP contribution is -2.30. The normalized spacial score (nSPS) is 10.2. The number of nitrogens with zero attached hydrogens (tertiary/aromatic N) is 1. The molecular formula is C17H14ClFN2O5. The highest BCUT2D eigenvalue weighted by atomic mass is 35.5. The summed E-state index contributed by atoms with van der Waals surface area (Å²) >= 11 is 5.67. The van der Waals surface area contributed by atoms with Gasteiger partial charge in [-0.1, -0.05) is 23.7 Å². The Morgan fingerprint density at radius 3 is 2.54 bits per heavy atom. The van der Waals surface area contributed by atoms with Crippen LogP contribution >= 0.6 is 11.6 Å². The first kappa shape index (κ1) is 19.3. The molecule has 0 saturated carbocycles. The topological polar surface area (TPSA) is 98.5 Å². The van der Waals surface area contributed by atoms with Gasteiger partial charge in [-0.05, 0) is 36.2 Å². The minimum absolute atomic E-state index is 0.104. The summed E-state index contributed by atoms with van der Waals surface area (Å²) in [5, 5.41) is 13.6. The lowest BCUT2D eigenvalue weighted by molar-refractivity contribution is -0.385. The third-order valence-corrected chi connectivity index (χ3v) is 3.59. The van der Waals surface area contributed by atoms with Crippen molar-refractivity contribution in [3.05, 3.63) is 74.5 Å². The van der Waals surface area contributed by atoms with Crippen molar-refractivity contribution in [2.24, 2.45) is 0 Å². The van der Waals surface area contributed by atoms with Gasteiger partial charge in [-0.3, -0.25) is 14.9 Å². The van der Waals surface area contributed by atoms with Gasteiger partial charge in [0, 0.05) is 17.6 Å². The van der Waals surface area contributed by atoms with Gasteiger partial charge in [-0.15, -0.1) is 0 Å². The first-order valence-corrected chi connectivity index (χ1v) is 7.87. The van der Waals surface area contributed by atoms with Gasteiger partial charge >= 0.3 is 5.97 Å². The SMILES string of the molecule is O=C(COC(=O)c1ccc(Cl)cc1[N+](=O)[O-])NCCc1ccc(F)cc1. The minimum Gasteiger partial charge on any atom is -0.452 e. The van der Waals surface area contributed by atoms with E-state index >= 15 is 0 Å². The summed E-state index contributed by atoms with van der Waals surface area (Å²) in [7, 11) is 0. The third kappa shape index (κ3) is 5.52. The zero-order valence-electron chi connectivity index (χ0n) is 13.4. The molecule has 0 aromatic heterocycles. The van der Waals surface area contributed by atoms with Crippen LogP contribution in [0.15, 0.2) is 42.5 Å². The lowest BCUT2D eigenvalue weighted by atomic mass is 10.1. The van der Waals surface area contributed by atoms with Crippen molar-refractivity contribution < 1.29 is 23.6 Å². The number of carbonyl (C=O) groups excluding carboxylic acids is 2. The van der Waals surface area contributed by atoms with Crippen LogP contribution in [-0.4, -0.2) is 30.0 Å². The average molecular weight is 381 g/mol. The maximum Gasteiger partial charge on any atom is 0.345 e. The van der Waals surface area contributed by atoms with Gasteiger partial charge in [0.25, 0.3) is 11.6 Å². The van der Waals surface area contributed by atoms with Crippen LogP contribution in [-0.2, 0) is 16.0 Å². The van der Waals surface area contributed by atoms with Crippen molar-refractivity contribution >= 4 is 29.2 Å². The van der Waals surface area contributed by atoms with E-state index in [2.05, 4.69) is 5.32 Å². The molecule has 0 bridgehead atoms. The molecule has 0 aliphatic rings. The maximum atomic E-state index is 12.8. The Bertz CT molecular complexity index is 826. The molecule has 1 N–H and O–H groups in total. The molecule has 0 heterocycles. The van der Waals surface area contributed by atoms with Crippen LogP contribution < -0.4 is 5.32 Å². The molecule has 0 unspecified atom stereocenters. The van der Waals surface area contributed by atoms with Crippen molar-refractivity contribution in [2.45, 2.75) is 6.42 Å². The van der Waals surface area contributed by atoms with E-state index in [-0.39, 0.29) is 22.9 Å². The summed E-state index contributed by atoms with van der Waals surface area (Å²) in [6.45, 7) is -0.314. The van der Waals surface area contributed by atoms with Crippen molar-refractivity contribution in [3.8, 4) is 0 Å². The van der Waals surface area contributed by atoms with E-state index in [4.69, 9.17) is 16.3 Å². The Morgan fingerprint density at radius 2 is 1.88 bits per heavy atom. The van der Waals surface area contributed by atoms with E-state index < -0.39 is 29.1 Å². The summed E-state index contributed by atoms with van der Waals surface area (Å²) in [6.07, 6.45) is 0.475. The summed E-state index contributed by atoms with van der Waals surface area (Å²) in [6, 6.07) is 9.34. The number of hydrogen-bond acceptors (Lipinski definition) is 5. The van der Waals surface area contributed by atoms with Crippen LogP contribution in [0.4, 0.5) is 10.1 Å². The van der Waals surface area contributed by atoms with Crippen LogP contribution in [0, 0.1) is 15.9 Å². The largest absolute Gasteiger partial charge is 0.452 e. The average Bonchev–Trinajstić information content (AvgIpc) is 2.61. The van der Waals surface area contributed by atoms with Crippen LogP contribution in [0.1, 0.15) is 15.9 Å². The van der Waals surface area contributed by atoms with E-state index in [9.17, 15) is 24.1 Å². The standard InChI is InChI=1S/C17H14ClFN2O5/c18-12-3-6-14(15(9-12)21(24)25)17(23)26-10-16(22)20-8-7-11-1-4-13(19)5-2-11/h1-6,9H,7-8,10H2,(H,20,22). The monoisotopic (exact) mass is 380 g/mol. The molecule has 0 aliphatic carbocycles. The Kier molecular flexibility index (Phi) is 6.62. The number of esters is 1. The number of nitro groups is 1.